The average molecular weight is 406 g/mol. The maximum atomic E-state index is 12.6. The highest BCUT2D eigenvalue weighted by atomic mass is 16.5. The van der Waals surface area contributed by atoms with Crippen LogP contribution in [0, 0.1) is 11.8 Å². The first-order valence-corrected chi connectivity index (χ1v) is 11.1. The van der Waals surface area contributed by atoms with E-state index in [9.17, 15) is 4.79 Å². The second-order valence-electron chi connectivity index (χ2n) is 8.64. The summed E-state index contributed by atoms with van der Waals surface area (Å²) >= 11 is 0. The normalized spacial score (nSPS) is 20.0. The second kappa shape index (κ2) is 9.33. The van der Waals surface area contributed by atoms with Crippen LogP contribution in [0.2, 0.25) is 0 Å². The minimum absolute atomic E-state index is 0.0570. The first-order valence-electron chi connectivity index (χ1n) is 11.1. The van der Waals surface area contributed by atoms with Gasteiger partial charge in [-0.2, -0.15) is 0 Å². The van der Waals surface area contributed by atoms with Gasteiger partial charge in [0.25, 0.3) is 0 Å². The van der Waals surface area contributed by atoms with Gasteiger partial charge in [-0.1, -0.05) is 44.4 Å². The Hall–Kier alpha value is -2.82. The van der Waals surface area contributed by atoms with E-state index in [1.807, 2.05) is 48.5 Å². The van der Waals surface area contributed by atoms with Crippen molar-refractivity contribution >= 4 is 17.4 Å². The second-order valence-corrected chi connectivity index (χ2v) is 8.64. The van der Waals surface area contributed by atoms with Crippen LogP contribution in [0.3, 0.4) is 0 Å². The lowest BCUT2D eigenvalue weighted by molar-refractivity contribution is -0.123. The lowest BCUT2D eigenvalue weighted by Gasteiger charge is -2.29. The quantitative estimate of drug-likeness (QED) is 0.701. The third-order valence-corrected chi connectivity index (χ3v) is 6.26. The smallest absolute Gasteiger partial charge is 0.220 e. The molecular weight excluding hydrogens is 374 g/mol. The average Bonchev–Trinajstić information content (AvgIpc) is 2.75. The van der Waals surface area contributed by atoms with Gasteiger partial charge >= 0.3 is 0 Å². The summed E-state index contributed by atoms with van der Waals surface area (Å²) in [6.45, 7) is 2.10. The molecule has 0 saturated heterocycles. The number of fused-ring (bicyclic) bond motifs is 1. The molecule has 2 aromatic rings. The summed E-state index contributed by atoms with van der Waals surface area (Å²) in [5.74, 6) is 2.54. The number of nitrogens with zero attached hydrogens (tertiary/aromatic N) is 1. The number of para-hydroxylation sites is 1. The molecule has 1 amide bonds. The number of benzene rings is 2. The van der Waals surface area contributed by atoms with Crippen LogP contribution in [-0.4, -0.2) is 17.8 Å². The zero-order valence-electron chi connectivity index (χ0n) is 17.6. The molecule has 2 aliphatic rings. The Bertz CT molecular complexity index is 904. The van der Waals surface area contributed by atoms with Crippen LogP contribution in [0.1, 0.15) is 51.0 Å². The molecule has 5 nitrogen and oxygen atoms in total. The fourth-order valence-electron chi connectivity index (χ4n) is 4.55. The highest BCUT2D eigenvalue weighted by Crippen LogP contribution is 2.35. The van der Waals surface area contributed by atoms with E-state index >= 15 is 0 Å². The van der Waals surface area contributed by atoms with Gasteiger partial charge < -0.3 is 15.8 Å². The molecule has 2 atom stereocenters. The van der Waals surface area contributed by atoms with Crippen LogP contribution in [0.5, 0.6) is 11.5 Å². The van der Waals surface area contributed by atoms with Crippen molar-refractivity contribution in [3.05, 3.63) is 54.1 Å². The van der Waals surface area contributed by atoms with Gasteiger partial charge in [0.15, 0.2) is 0 Å². The summed E-state index contributed by atoms with van der Waals surface area (Å²) in [5.41, 5.74) is 8.31. The molecule has 3 N–H and O–H groups in total. The van der Waals surface area contributed by atoms with Crippen LogP contribution < -0.4 is 15.8 Å². The monoisotopic (exact) mass is 405 g/mol. The summed E-state index contributed by atoms with van der Waals surface area (Å²) in [5, 5.41) is 3.22. The summed E-state index contributed by atoms with van der Waals surface area (Å²) in [6.07, 6.45) is 7.17. The van der Waals surface area contributed by atoms with E-state index in [1.165, 1.54) is 19.3 Å². The standard InChI is InChI=1S/C25H31N3O2/c1-17(14-24(29)27-19-8-4-2-5-9-19)22-16-18-15-21(12-13-23(18)28-25(22)26)30-20-10-6-3-7-11-20/h3,6-7,10-13,15,17,19,22H,2,4-5,8-9,14,16H2,1H3,(H2,26,28)(H,27,29). The Kier molecular flexibility index (Phi) is 6.36. The molecule has 1 fully saturated rings. The largest absolute Gasteiger partial charge is 0.457 e. The highest BCUT2D eigenvalue weighted by Gasteiger charge is 2.29. The summed E-state index contributed by atoms with van der Waals surface area (Å²) in [7, 11) is 0. The third kappa shape index (κ3) is 5.02. The predicted molar refractivity (Wildman–Crippen MR) is 120 cm³/mol. The number of carbonyl (C=O) groups excluding carboxylic acids is 1. The lowest BCUT2D eigenvalue weighted by atomic mass is 9.82. The number of amides is 1. The number of aliphatic imine (C=N–C) groups is 1. The molecule has 2 unspecified atom stereocenters. The minimum atomic E-state index is 0.0570. The first-order chi connectivity index (χ1) is 14.6. The van der Waals surface area contributed by atoms with E-state index in [2.05, 4.69) is 17.2 Å². The van der Waals surface area contributed by atoms with E-state index in [-0.39, 0.29) is 17.7 Å². The van der Waals surface area contributed by atoms with E-state index in [0.29, 0.717) is 18.3 Å². The van der Waals surface area contributed by atoms with E-state index < -0.39 is 0 Å². The maximum absolute atomic E-state index is 12.6. The zero-order valence-corrected chi connectivity index (χ0v) is 17.6. The number of nitrogens with one attached hydrogen (secondary N) is 1. The fraction of sp³-hybridized carbons (Fsp3) is 0.440. The molecule has 1 saturated carbocycles. The van der Waals surface area contributed by atoms with Crippen LogP contribution in [0.4, 0.5) is 5.69 Å². The molecule has 0 radical (unpaired) electrons. The molecule has 2 aromatic carbocycles. The van der Waals surface area contributed by atoms with Crippen molar-refractivity contribution in [1.82, 2.24) is 5.32 Å². The molecule has 0 aromatic heterocycles. The van der Waals surface area contributed by atoms with Gasteiger partial charge in [-0.25, -0.2) is 4.99 Å². The zero-order chi connectivity index (χ0) is 20.9. The molecule has 1 aliphatic carbocycles. The van der Waals surface area contributed by atoms with Crippen molar-refractivity contribution in [2.24, 2.45) is 22.6 Å². The fourth-order valence-corrected chi connectivity index (χ4v) is 4.55. The number of ether oxygens (including phenoxy) is 1. The molecule has 1 aliphatic heterocycles. The van der Waals surface area contributed by atoms with Gasteiger partial charge in [0.2, 0.25) is 5.91 Å². The molecule has 0 spiro atoms. The molecular formula is C25H31N3O2. The number of nitrogens with two attached hydrogens (primary N) is 1. The van der Waals surface area contributed by atoms with Gasteiger partial charge in [-0.15, -0.1) is 0 Å². The summed E-state index contributed by atoms with van der Waals surface area (Å²) in [4.78, 5) is 17.2. The van der Waals surface area contributed by atoms with Crippen LogP contribution in [0.15, 0.2) is 53.5 Å². The Labute approximate surface area is 178 Å². The molecule has 158 valence electrons. The third-order valence-electron chi connectivity index (χ3n) is 6.26. The van der Waals surface area contributed by atoms with Crippen molar-refractivity contribution in [2.75, 3.05) is 0 Å². The minimum Gasteiger partial charge on any atom is -0.457 e. The van der Waals surface area contributed by atoms with Gasteiger partial charge in [0, 0.05) is 18.4 Å². The number of hydrogen-bond donors (Lipinski definition) is 2. The molecule has 4 rings (SSSR count). The van der Waals surface area contributed by atoms with Gasteiger partial charge in [0.1, 0.15) is 17.3 Å². The SMILES string of the molecule is CC(CC(=O)NC1CCCCC1)C1Cc2cc(Oc3ccccc3)ccc2N=C1N. The van der Waals surface area contributed by atoms with Crippen molar-refractivity contribution in [1.29, 1.82) is 0 Å². The highest BCUT2D eigenvalue weighted by molar-refractivity contribution is 5.89. The molecule has 30 heavy (non-hydrogen) atoms. The van der Waals surface area contributed by atoms with Gasteiger partial charge in [0.05, 0.1) is 5.69 Å². The first kappa shape index (κ1) is 20.5. The molecule has 0 bridgehead atoms. The van der Waals surface area contributed by atoms with Gasteiger partial charge in [-0.05, 0) is 61.1 Å². The van der Waals surface area contributed by atoms with Gasteiger partial charge in [-0.3, -0.25) is 4.79 Å². The summed E-state index contributed by atoms with van der Waals surface area (Å²) in [6, 6.07) is 16.0. The number of rotatable bonds is 6. The number of carbonyl (C=O) groups is 1. The Morgan fingerprint density at radius 2 is 1.90 bits per heavy atom. The van der Waals surface area contributed by atoms with E-state index in [4.69, 9.17) is 10.5 Å². The van der Waals surface area contributed by atoms with Crippen molar-refractivity contribution in [2.45, 2.75) is 57.9 Å². The Morgan fingerprint density at radius 3 is 2.67 bits per heavy atom. The topological polar surface area (TPSA) is 76.7 Å². The Morgan fingerprint density at radius 1 is 1.13 bits per heavy atom. The number of hydrogen-bond acceptors (Lipinski definition) is 4. The van der Waals surface area contributed by atoms with Crippen LogP contribution in [0.25, 0.3) is 0 Å². The number of amidine groups is 1. The van der Waals surface area contributed by atoms with E-state index in [0.717, 1.165) is 42.0 Å². The molecule has 5 heteroatoms. The summed E-state index contributed by atoms with van der Waals surface area (Å²) < 4.78 is 5.97. The predicted octanol–water partition coefficient (Wildman–Crippen LogP) is 5.12. The van der Waals surface area contributed by atoms with E-state index in [1.54, 1.807) is 0 Å². The Balaban J connectivity index is 1.40. The van der Waals surface area contributed by atoms with Crippen molar-refractivity contribution in [3.8, 4) is 11.5 Å². The van der Waals surface area contributed by atoms with Crippen molar-refractivity contribution in [3.63, 3.8) is 0 Å². The van der Waals surface area contributed by atoms with Crippen LogP contribution >= 0.6 is 0 Å². The molecule has 1 heterocycles. The maximum Gasteiger partial charge on any atom is 0.220 e. The van der Waals surface area contributed by atoms with Crippen molar-refractivity contribution < 1.29 is 9.53 Å². The van der Waals surface area contributed by atoms with Crippen LogP contribution in [-0.2, 0) is 11.2 Å². The lowest BCUT2D eigenvalue weighted by Crippen LogP contribution is -2.39.